The number of aryl methyl sites for hydroxylation is 1. The molecule has 0 N–H and O–H groups in total. The molecule has 2 aromatic rings. The molecular weight excluding hydrogens is 153 g/mol. The molecule has 2 heteroatoms. The molecule has 0 fully saturated rings. The standard InChI is InChI=1S/C10H7FN/c1-7-4-9-5-10(11)3-2-8(9)6-12-7/h2-4,6H,1H3. The summed E-state index contributed by atoms with van der Waals surface area (Å²) in [6.45, 7) is 1.87. The Balaban J connectivity index is 2.80. The van der Waals surface area contributed by atoms with Gasteiger partial charge in [-0.15, -0.1) is 0 Å². The highest BCUT2D eigenvalue weighted by atomic mass is 19.1. The lowest BCUT2D eigenvalue weighted by molar-refractivity contribution is 0.627. The van der Waals surface area contributed by atoms with Gasteiger partial charge in [-0.25, -0.2) is 4.39 Å². The zero-order chi connectivity index (χ0) is 8.55. The molecule has 0 aliphatic rings. The third-order valence-electron chi connectivity index (χ3n) is 1.73. The molecule has 0 bridgehead atoms. The third-order valence-corrected chi connectivity index (χ3v) is 1.73. The van der Waals surface area contributed by atoms with Crippen LogP contribution in [0.25, 0.3) is 10.8 Å². The van der Waals surface area contributed by atoms with Crippen molar-refractivity contribution in [2.45, 2.75) is 6.92 Å². The summed E-state index contributed by atoms with van der Waals surface area (Å²) in [4.78, 5) is 4.09. The summed E-state index contributed by atoms with van der Waals surface area (Å²) < 4.78 is 12.7. The van der Waals surface area contributed by atoms with E-state index in [0.29, 0.717) is 0 Å². The predicted molar refractivity (Wildman–Crippen MR) is 45.3 cm³/mol. The second-order valence-electron chi connectivity index (χ2n) is 2.72. The molecule has 0 aliphatic carbocycles. The summed E-state index contributed by atoms with van der Waals surface area (Å²) in [6, 6.07) is 7.53. The van der Waals surface area contributed by atoms with Gasteiger partial charge in [0.2, 0.25) is 0 Å². The highest BCUT2D eigenvalue weighted by molar-refractivity contribution is 5.81. The van der Waals surface area contributed by atoms with Crippen LogP contribution in [0.4, 0.5) is 4.39 Å². The average Bonchev–Trinajstić information content (AvgIpc) is 2.03. The minimum atomic E-state index is -0.326. The molecule has 0 saturated heterocycles. The van der Waals surface area contributed by atoms with Crippen LogP contribution in [0.15, 0.2) is 24.4 Å². The van der Waals surface area contributed by atoms with Crippen molar-refractivity contribution in [3.05, 3.63) is 42.0 Å². The van der Waals surface area contributed by atoms with Crippen molar-refractivity contribution < 1.29 is 4.39 Å². The van der Waals surface area contributed by atoms with Crippen molar-refractivity contribution in [2.24, 2.45) is 0 Å². The summed E-state index contributed by atoms with van der Waals surface area (Å²) in [6.07, 6.45) is 1.72. The van der Waals surface area contributed by atoms with Crippen LogP contribution in [0.3, 0.4) is 0 Å². The Bertz CT molecular complexity index is 386. The van der Waals surface area contributed by atoms with E-state index in [1.165, 1.54) is 6.07 Å². The normalized spacial score (nSPS) is 10.5. The first-order valence-electron chi connectivity index (χ1n) is 3.70. The second-order valence-corrected chi connectivity index (χ2v) is 2.72. The summed E-state index contributed by atoms with van der Waals surface area (Å²) >= 11 is 0. The fourth-order valence-corrected chi connectivity index (χ4v) is 1.14. The first kappa shape index (κ1) is 7.22. The van der Waals surface area contributed by atoms with Gasteiger partial charge in [0.1, 0.15) is 5.82 Å². The fourth-order valence-electron chi connectivity index (χ4n) is 1.14. The van der Waals surface area contributed by atoms with E-state index in [1.54, 1.807) is 12.3 Å². The van der Waals surface area contributed by atoms with E-state index in [4.69, 9.17) is 0 Å². The average molecular weight is 160 g/mol. The maximum absolute atomic E-state index is 12.7. The Labute approximate surface area is 69.9 Å². The molecule has 0 unspecified atom stereocenters. The lowest BCUT2D eigenvalue weighted by atomic mass is 10.1. The highest BCUT2D eigenvalue weighted by Gasteiger charge is 1.96. The molecule has 2 rings (SSSR count). The van der Waals surface area contributed by atoms with E-state index < -0.39 is 0 Å². The van der Waals surface area contributed by atoms with Crippen LogP contribution in [-0.4, -0.2) is 4.98 Å². The molecule has 1 aromatic heterocycles. The van der Waals surface area contributed by atoms with Crippen molar-refractivity contribution >= 4 is 10.8 Å². The van der Waals surface area contributed by atoms with Crippen LogP contribution in [0.1, 0.15) is 5.69 Å². The van der Waals surface area contributed by atoms with E-state index in [0.717, 1.165) is 16.5 Å². The van der Waals surface area contributed by atoms with Crippen LogP contribution in [0, 0.1) is 18.8 Å². The predicted octanol–water partition coefficient (Wildman–Crippen LogP) is 2.48. The van der Waals surface area contributed by atoms with E-state index in [1.807, 2.05) is 13.0 Å². The zero-order valence-electron chi connectivity index (χ0n) is 6.63. The summed E-state index contributed by atoms with van der Waals surface area (Å²) in [5, 5.41) is 1.70. The molecule has 0 amide bonds. The van der Waals surface area contributed by atoms with Gasteiger partial charge in [-0.1, -0.05) is 0 Å². The molecule has 1 heterocycles. The third kappa shape index (κ3) is 1.16. The second kappa shape index (κ2) is 2.55. The van der Waals surface area contributed by atoms with Gasteiger partial charge in [0.15, 0.2) is 0 Å². The van der Waals surface area contributed by atoms with Crippen molar-refractivity contribution in [1.29, 1.82) is 0 Å². The van der Waals surface area contributed by atoms with Gasteiger partial charge in [-0.2, -0.15) is 0 Å². The Hall–Kier alpha value is -1.44. The number of hydrogen-bond donors (Lipinski definition) is 0. The molecule has 0 saturated carbocycles. The Morgan fingerprint density at radius 3 is 3.08 bits per heavy atom. The van der Waals surface area contributed by atoms with Gasteiger partial charge in [-0.3, -0.25) is 4.98 Å². The fraction of sp³-hybridized carbons (Fsp3) is 0.100. The molecular formula is C10H7FN. The molecule has 1 aromatic carbocycles. The number of aromatic nitrogens is 1. The van der Waals surface area contributed by atoms with Gasteiger partial charge in [0.25, 0.3) is 0 Å². The van der Waals surface area contributed by atoms with Gasteiger partial charge in [0.05, 0.1) is 0 Å². The lowest BCUT2D eigenvalue weighted by Gasteiger charge is -1.97. The molecule has 1 nitrogen and oxygen atoms in total. The Morgan fingerprint density at radius 1 is 1.42 bits per heavy atom. The Morgan fingerprint density at radius 2 is 2.25 bits per heavy atom. The maximum atomic E-state index is 12.7. The van der Waals surface area contributed by atoms with Gasteiger partial charge in [-0.05, 0) is 30.5 Å². The summed E-state index contributed by atoms with van der Waals surface area (Å²) in [7, 11) is 0. The summed E-state index contributed by atoms with van der Waals surface area (Å²) in [5.74, 6) is -0.326. The van der Waals surface area contributed by atoms with Gasteiger partial charge in [0, 0.05) is 23.3 Å². The number of nitrogens with zero attached hydrogens (tertiary/aromatic N) is 1. The maximum Gasteiger partial charge on any atom is 0.131 e. The first-order chi connectivity index (χ1) is 5.75. The zero-order valence-corrected chi connectivity index (χ0v) is 6.63. The minimum Gasteiger partial charge on any atom is -0.261 e. The van der Waals surface area contributed by atoms with Crippen LogP contribution >= 0.6 is 0 Å². The van der Waals surface area contributed by atoms with Crippen molar-refractivity contribution in [3.63, 3.8) is 0 Å². The number of halogens is 1. The van der Waals surface area contributed by atoms with E-state index in [2.05, 4.69) is 11.1 Å². The van der Waals surface area contributed by atoms with E-state index in [9.17, 15) is 4.39 Å². The number of hydrogen-bond acceptors (Lipinski definition) is 1. The topological polar surface area (TPSA) is 12.9 Å². The molecule has 12 heavy (non-hydrogen) atoms. The molecule has 0 atom stereocenters. The SMILES string of the molecule is Cc1cc2[c]c(F)ccc2cn1. The minimum absolute atomic E-state index is 0.326. The van der Waals surface area contributed by atoms with Crippen LogP contribution in [-0.2, 0) is 0 Å². The number of benzene rings is 1. The monoisotopic (exact) mass is 160 g/mol. The van der Waals surface area contributed by atoms with Crippen LogP contribution < -0.4 is 0 Å². The van der Waals surface area contributed by atoms with Crippen LogP contribution in [0.5, 0.6) is 0 Å². The van der Waals surface area contributed by atoms with Crippen LogP contribution in [0.2, 0.25) is 0 Å². The number of pyridine rings is 1. The smallest absolute Gasteiger partial charge is 0.131 e. The van der Waals surface area contributed by atoms with Crippen molar-refractivity contribution in [2.75, 3.05) is 0 Å². The molecule has 0 spiro atoms. The lowest BCUT2D eigenvalue weighted by Crippen LogP contribution is -1.82. The molecule has 0 aliphatic heterocycles. The Kier molecular flexibility index (Phi) is 1.54. The summed E-state index contributed by atoms with van der Waals surface area (Å²) in [5.41, 5.74) is 0.879. The molecule has 59 valence electrons. The van der Waals surface area contributed by atoms with E-state index >= 15 is 0 Å². The number of fused-ring (bicyclic) bond motifs is 1. The number of rotatable bonds is 0. The quantitative estimate of drug-likeness (QED) is 0.577. The largest absolute Gasteiger partial charge is 0.261 e. The van der Waals surface area contributed by atoms with Crippen molar-refractivity contribution in [1.82, 2.24) is 4.98 Å². The van der Waals surface area contributed by atoms with Gasteiger partial charge < -0.3 is 0 Å². The van der Waals surface area contributed by atoms with Gasteiger partial charge >= 0.3 is 0 Å². The highest BCUT2D eigenvalue weighted by Crippen LogP contribution is 2.13. The van der Waals surface area contributed by atoms with Crippen molar-refractivity contribution in [3.8, 4) is 0 Å². The molecule has 1 radical (unpaired) electrons. The first-order valence-corrected chi connectivity index (χ1v) is 3.70. The van der Waals surface area contributed by atoms with E-state index in [-0.39, 0.29) is 5.82 Å².